The average Bonchev–Trinajstić information content (AvgIpc) is 3.01. The zero-order valence-corrected chi connectivity index (χ0v) is 14.4. The van der Waals surface area contributed by atoms with E-state index in [1.54, 1.807) is 0 Å². The molecule has 0 bridgehead atoms. The number of ether oxygens (including phenoxy) is 1. The first-order chi connectivity index (χ1) is 11.0. The first-order valence-corrected chi connectivity index (χ1v) is 8.36. The second kappa shape index (κ2) is 11.0. The van der Waals surface area contributed by atoms with E-state index in [-0.39, 0.29) is 0 Å². The summed E-state index contributed by atoms with van der Waals surface area (Å²) in [6, 6.07) is 8.77. The van der Waals surface area contributed by atoms with Crippen LogP contribution in [0.15, 0.2) is 28.7 Å². The molecule has 0 saturated heterocycles. The van der Waals surface area contributed by atoms with Crippen molar-refractivity contribution < 1.29 is 24.5 Å². The Morgan fingerprint density at radius 3 is 2.43 bits per heavy atom. The lowest BCUT2D eigenvalue weighted by atomic mass is 10.2. The van der Waals surface area contributed by atoms with E-state index in [1.165, 1.54) is 25.7 Å². The number of aliphatic carboxylic acids is 2. The minimum Gasteiger partial charge on any atom is -0.494 e. The smallest absolute Gasteiger partial charge is 0.414 e. The zero-order chi connectivity index (χ0) is 17.1. The molecule has 128 valence electrons. The molecule has 0 aliphatic heterocycles. The van der Waals surface area contributed by atoms with Crippen molar-refractivity contribution in [2.75, 3.05) is 13.2 Å². The van der Waals surface area contributed by atoms with Gasteiger partial charge < -0.3 is 20.3 Å². The van der Waals surface area contributed by atoms with Gasteiger partial charge in [-0.1, -0.05) is 34.8 Å². The van der Waals surface area contributed by atoms with Crippen LogP contribution >= 0.6 is 15.9 Å². The number of rotatable bonds is 6. The number of hydrogen-bond acceptors (Lipinski definition) is 4. The quantitative estimate of drug-likeness (QED) is 0.512. The summed E-state index contributed by atoms with van der Waals surface area (Å²) in [5.74, 6) is -2.70. The Bertz CT molecular complexity index is 491. The van der Waals surface area contributed by atoms with Gasteiger partial charge in [0.1, 0.15) is 5.75 Å². The predicted molar refractivity (Wildman–Crippen MR) is 89.8 cm³/mol. The predicted octanol–water partition coefficient (Wildman–Crippen LogP) is 2.91. The summed E-state index contributed by atoms with van der Waals surface area (Å²) in [6.45, 7) is 1.86. The van der Waals surface area contributed by atoms with Crippen molar-refractivity contribution in [1.29, 1.82) is 0 Å². The Labute approximate surface area is 144 Å². The molecule has 1 aromatic rings. The van der Waals surface area contributed by atoms with E-state index < -0.39 is 11.9 Å². The molecule has 0 unspecified atom stereocenters. The maximum atomic E-state index is 9.10. The molecular formula is C16H22BrNO5. The van der Waals surface area contributed by atoms with Gasteiger partial charge in [-0.2, -0.15) is 0 Å². The van der Waals surface area contributed by atoms with Crippen LogP contribution in [0.3, 0.4) is 0 Å². The van der Waals surface area contributed by atoms with E-state index in [0.717, 1.165) is 35.8 Å². The highest BCUT2D eigenvalue weighted by atomic mass is 79.9. The molecule has 2 rings (SSSR count). The van der Waals surface area contributed by atoms with Crippen LogP contribution in [-0.4, -0.2) is 41.3 Å². The number of hydrogen-bond donors (Lipinski definition) is 3. The molecule has 7 heteroatoms. The molecule has 0 atom stereocenters. The fraction of sp³-hybridized carbons (Fsp3) is 0.500. The van der Waals surface area contributed by atoms with Crippen LogP contribution in [0.2, 0.25) is 0 Å². The van der Waals surface area contributed by atoms with Crippen LogP contribution in [0.25, 0.3) is 0 Å². The molecule has 1 fully saturated rings. The zero-order valence-electron chi connectivity index (χ0n) is 12.8. The van der Waals surface area contributed by atoms with Gasteiger partial charge in [-0.05, 0) is 44.0 Å². The fourth-order valence-corrected chi connectivity index (χ4v) is 2.63. The molecule has 0 spiro atoms. The van der Waals surface area contributed by atoms with Crippen LogP contribution in [0.5, 0.6) is 5.75 Å². The third kappa shape index (κ3) is 9.20. The Morgan fingerprint density at radius 1 is 1.22 bits per heavy atom. The van der Waals surface area contributed by atoms with Crippen molar-refractivity contribution in [2.24, 2.45) is 0 Å². The van der Waals surface area contributed by atoms with Gasteiger partial charge in [0.2, 0.25) is 0 Å². The van der Waals surface area contributed by atoms with Gasteiger partial charge in [0, 0.05) is 10.5 Å². The molecule has 0 radical (unpaired) electrons. The van der Waals surface area contributed by atoms with Crippen molar-refractivity contribution in [1.82, 2.24) is 5.32 Å². The number of carboxylic acid groups (broad SMARTS) is 2. The van der Waals surface area contributed by atoms with Gasteiger partial charge in [0.25, 0.3) is 0 Å². The molecule has 1 aliphatic rings. The first-order valence-electron chi connectivity index (χ1n) is 7.57. The SMILES string of the molecule is Brc1cccc(OCCCNC2CCCC2)c1.O=C(O)C(=O)O. The molecule has 0 aromatic heterocycles. The number of halogens is 1. The highest BCUT2D eigenvalue weighted by molar-refractivity contribution is 9.10. The summed E-state index contributed by atoms with van der Waals surface area (Å²) in [6.07, 6.45) is 6.57. The second-order valence-corrected chi connectivity index (χ2v) is 6.12. The molecule has 1 aliphatic carbocycles. The van der Waals surface area contributed by atoms with E-state index in [2.05, 4.69) is 21.2 Å². The summed E-state index contributed by atoms with van der Waals surface area (Å²) in [7, 11) is 0. The van der Waals surface area contributed by atoms with Crippen LogP contribution < -0.4 is 10.1 Å². The Hall–Kier alpha value is -1.60. The van der Waals surface area contributed by atoms with E-state index in [0.29, 0.717) is 0 Å². The summed E-state index contributed by atoms with van der Waals surface area (Å²) < 4.78 is 6.75. The molecule has 6 nitrogen and oxygen atoms in total. The van der Waals surface area contributed by atoms with Crippen molar-refractivity contribution in [3.05, 3.63) is 28.7 Å². The molecule has 1 aromatic carbocycles. The fourth-order valence-electron chi connectivity index (χ4n) is 2.26. The van der Waals surface area contributed by atoms with Crippen LogP contribution in [0.1, 0.15) is 32.1 Å². The van der Waals surface area contributed by atoms with E-state index in [4.69, 9.17) is 24.5 Å². The number of carboxylic acids is 2. The van der Waals surface area contributed by atoms with Gasteiger partial charge in [0.05, 0.1) is 6.61 Å². The number of benzene rings is 1. The lowest BCUT2D eigenvalue weighted by molar-refractivity contribution is -0.159. The topological polar surface area (TPSA) is 95.9 Å². The van der Waals surface area contributed by atoms with Crippen molar-refractivity contribution in [3.63, 3.8) is 0 Å². The number of nitrogens with one attached hydrogen (secondary N) is 1. The third-order valence-corrected chi connectivity index (χ3v) is 3.85. The molecule has 3 N–H and O–H groups in total. The Balaban J connectivity index is 0.000000379. The maximum Gasteiger partial charge on any atom is 0.414 e. The Kier molecular flexibility index (Phi) is 9.31. The molecular weight excluding hydrogens is 366 g/mol. The Morgan fingerprint density at radius 2 is 1.87 bits per heavy atom. The maximum absolute atomic E-state index is 9.10. The van der Waals surface area contributed by atoms with E-state index in [1.807, 2.05) is 24.3 Å². The second-order valence-electron chi connectivity index (χ2n) is 5.21. The van der Waals surface area contributed by atoms with Crippen molar-refractivity contribution in [3.8, 4) is 5.75 Å². The third-order valence-electron chi connectivity index (χ3n) is 3.36. The largest absolute Gasteiger partial charge is 0.494 e. The lowest BCUT2D eigenvalue weighted by Gasteiger charge is -2.12. The molecule has 0 amide bonds. The minimum atomic E-state index is -1.82. The monoisotopic (exact) mass is 387 g/mol. The van der Waals surface area contributed by atoms with Gasteiger partial charge in [-0.15, -0.1) is 0 Å². The van der Waals surface area contributed by atoms with E-state index >= 15 is 0 Å². The normalized spacial score (nSPS) is 14.0. The molecule has 0 heterocycles. The summed E-state index contributed by atoms with van der Waals surface area (Å²) in [5, 5.41) is 18.4. The van der Waals surface area contributed by atoms with Gasteiger partial charge in [0.15, 0.2) is 0 Å². The van der Waals surface area contributed by atoms with Gasteiger partial charge in [-0.3, -0.25) is 0 Å². The lowest BCUT2D eigenvalue weighted by Crippen LogP contribution is -2.27. The van der Waals surface area contributed by atoms with Gasteiger partial charge in [-0.25, -0.2) is 9.59 Å². The van der Waals surface area contributed by atoms with Crippen molar-refractivity contribution >= 4 is 27.9 Å². The molecule has 1 saturated carbocycles. The average molecular weight is 388 g/mol. The summed E-state index contributed by atoms with van der Waals surface area (Å²) >= 11 is 3.44. The summed E-state index contributed by atoms with van der Waals surface area (Å²) in [5.41, 5.74) is 0. The first kappa shape index (κ1) is 19.4. The van der Waals surface area contributed by atoms with Crippen LogP contribution in [-0.2, 0) is 9.59 Å². The number of carbonyl (C=O) groups is 2. The highest BCUT2D eigenvalue weighted by Gasteiger charge is 2.13. The summed E-state index contributed by atoms with van der Waals surface area (Å²) in [4.78, 5) is 18.2. The van der Waals surface area contributed by atoms with Crippen LogP contribution in [0, 0.1) is 0 Å². The van der Waals surface area contributed by atoms with Gasteiger partial charge >= 0.3 is 11.9 Å². The van der Waals surface area contributed by atoms with Crippen molar-refractivity contribution in [2.45, 2.75) is 38.1 Å². The molecule has 23 heavy (non-hydrogen) atoms. The minimum absolute atomic E-state index is 0.765. The van der Waals surface area contributed by atoms with Crippen LogP contribution in [0.4, 0.5) is 0 Å². The van der Waals surface area contributed by atoms with E-state index in [9.17, 15) is 0 Å². The highest BCUT2D eigenvalue weighted by Crippen LogP contribution is 2.18. The standard InChI is InChI=1S/C14H20BrNO.C2H2O4/c15-12-5-3-8-14(11-12)17-10-4-9-16-13-6-1-2-7-13;3-1(4)2(5)6/h3,5,8,11,13,16H,1-2,4,6-7,9-10H2;(H,3,4)(H,5,6).